The molecule has 1 aliphatic rings. The fourth-order valence-corrected chi connectivity index (χ4v) is 5.19. The number of nitrogens with one attached hydrogen (secondary N) is 1. The average Bonchev–Trinajstić information content (AvgIpc) is 3.61. The molecular weight excluding hydrogens is 496 g/mol. The Balaban J connectivity index is 1.29. The van der Waals surface area contributed by atoms with Crippen molar-refractivity contribution in [2.24, 2.45) is 0 Å². The quantitative estimate of drug-likeness (QED) is 0.279. The van der Waals surface area contributed by atoms with Gasteiger partial charge in [0, 0.05) is 42.8 Å². The minimum atomic E-state index is -0.656. The number of aromatic amines is 1. The summed E-state index contributed by atoms with van der Waals surface area (Å²) in [7, 11) is 1.49. The third kappa shape index (κ3) is 4.10. The standard InChI is InChI=1S/C29H26N6O4/c1-18-17-33(12-13-34(18)28(37)19-8-4-3-5-9-19)29(38)26(36)21-15-30-25-24(21)23(39-2)16-31-27(25)35-22-11-7-6-10-20(22)14-32-35/h3-11,14-16,18,30H,12-13,17H2,1-2H3/t18-/m1/s1. The molecule has 0 radical (unpaired) electrons. The van der Waals surface area contributed by atoms with E-state index >= 15 is 0 Å². The first-order chi connectivity index (χ1) is 19.0. The van der Waals surface area contributed by atoms with Crippen LogP contribution in [0, 0.1) is 0 Å². The highest BCUT2D eigenvalue weighted by atomic mass is 16.5. The monoisotopic (exact) mass is 522 g/mol. The summed E-state index contributed by atoms with van der Waals surface area (Å²) >= 11 is 0. The number of ketones is 1. The molecular formula is C29H26N6O4. The van der Waals surface area contributed by atoms with Crippen molar-refractivity contribution in [1.29, 1.82) is 0 Å². The second-order valence-corrected chi connectivity index (χ2v) is 9.51. The maximum Gasteiger partial charge on any atom is 0.295 e. The molecule has 0 unspecified atom stereocenters. The van der Waals surface area contributed by atoms with Crippen molar-refractivity contribution in [3.63, 3.8) is 0 Å². The zero-order valence-electron chi connectivity index (χ0n) is 21.5. The molecule has 1 saturated heterocycles. The number of fused-ring (bicyclic) bond motifs is 2. The molecule has 0 bridgehead atoms. The lowest BCUT2D eigenvalue weighted by Crippen LogP contribution is -2.56. The van der Waals surface area contributed by atoms with Crippen molar-refractivity contribution in [3.05, 3.63) is 84.3 Å². The van der Waals surface area contributed by atoms with Crippen LogP contribution in [0.2, 0.25) is 0 Å². The number of hydrogen-bond acceptors (Lipinski definition) is 6. The third-order valence-corrected chi connectivity index (χ3v) is 7.19. The number of piperazine rings is 1. The number of rotatable bonds is 5. The van der Waals surface area contributed by atoms with Crippen LogP contribution in [0.3, 0.4) is 0 Å². The first-order valence-electron chi connectivity index (χ1n) is 12.6. The first kappa shape index (κ1) is 24.4. The number of nitrogens with zero attached hydrogens (tertiary/aromatic N) is 5. The highest BCUT2D eigenvalue weighted by molar-refractivity contribution is 6.45. The van der Waals surface area contributed by atoms with Crippen LogP contribution in [0.4, 0.5) is 0 Å². The lowest BCUT2D eigenvalue weighted by molar-refractivity contribution is -0.128. The maximum atomic E-state index is 13.6. The van der Waals surface area contributed by atoms with Crippen LogP contribution in [0.25, 0.3) is 27.6 Å². The van der Waals surface area contributed by atoms with Crippen molar-refractivity contribution in [1.82, 2.24) is 29.5 Å². The first-order valence-corrected chi connectivity index (χ1v) is 12.6. The second-order valence-electron chi connectivity index (χ2n) is 9.51. The Bertz CT molecular complexity index is 1720. The molecule has 2 aromatic carbocycles. The number of pyridine rings is 1. The Morgan fingerprint density at radius 3 is 2.54 bits per heavy atom. The fourth-order valence-electron chi connectivity index (χ4n) is 5.19. The van der Waals surface area contributed by atoms with Crippen molar-refractivity contribution in [2.75, 3.05) is 26.7 Å². The van der Waals surface area contributed by atoms with E-state index in [9.17, 15) is 14.4 Å². The average molecular weight is 523 g/mol. The third-order valence-electron chi connectivity index (χ3n) is 7.19. The van der Waals surface area contributed by atoms with E-state index in [1.54, 1.807) is 27.9 Å². The summed E-state index contributed by atoms with van der Waals surface area (Å²) in [5, 5.41) is 5.90. The molecule has 1 aliphatic heterocycles. The number of Topliss-reactive ketones (excluding diaryl/α,β-unsaturated/α-hetero) is 1. The Kier molecular flexibility index (Phi) is 6.07. The van der Waals surface area contributed by atoms with E-state index in [0.717, 1.165) is 10.9 Å². The van der Waals surface area contributed by atoms with Gasteiger partial charge in [-0.1, -0.05) is 36.4 Å². The van der Waals surface area contributed by atoms with Gasteiger partial charge >= 0.3 is 0 Å². The summed E-state index contributed by atoms with van der Waals surface area (Å²) in [4.78, 5) is 50.8. The van der Waals surface area contributed by atoms with E-state index in [4.69, 9.17) is 4.74 Å². The van der Waals surface area contributed by atoms with E-state index in [0.29, 0.717) is 34.6 Å². The van der Waals surface area contributed by atoms with Crippen molar-refractivity contribution >= 4 is 39.4 Å². The summed E-state index contributed by atoms with van der Waals surface area (Å²) in [6.07, 6.45) is 4.79. The van der Waals surface area contributed by atoms with Gasteiger partial charge in [0.05, 0.1) is 41.5 Å². The number of para-hydroxylation sites is 1. The van der Waals surface area contributed by atoms with E-state index in [-0.39, 0.29) is 30.6 Å². The van der Waals surface area contributed by atoms with Crippen LogP contribution in [-0.4, -0.2) is 79.9 Å². The molecule has 3 aromatic heterocycles. The molecule has 196 valence electrons. The van der Waals surface area contributed by atoms with Gasteiger partial charge in [-0.15, -0.1) is 0 Å². The normalized spacial score (nSPS) is 15.6. The molecule has 39 heavy (non-hydrogen) atoms. The molecule has 5 aromatic rings. The van der Waals surface area contributed by atoms with E-state index in [1.165, 1.54) is 24.4 Å². The number of benzene rings is 2. The number of carbonyl (C=O) groups excluding carboxylic acids is 3. The van der Waals surface area contributed by atoms with Crippen LogP contribution in [-0.2, 0) is 4.79 Å². The van der Waals surface area contributed by atoms with Crippen molar-refractivity contribution < 1.29 is 19.1 Å². The fraction of sp³-hybridized carbons (Fsp3) is 0.207. The lowest BCUT2D eigenvalue weighted by atomic mass is 10.1. The van der Waals surface area contributed by atoms with Gasteiger partial charge in [0.2, 0.25) is 0 Å². The number of carbonyl (C=O) groups is 3. The van der Waals surface area contributed by atoms with E-state index in [1.807, 2.05) is 49.4 Å². The Morgan fingerprint density at radius 1 is 1.00 bits per heavy atom. The zero-order valence-corrected chi connectivity index (χ0v) is 21.5. The largest absolute Gasteiger partial charge is 0.494 e. The lowest BCUT2D eigenvalue weighted by Gasteiger charge is -2.39. The van der Waals surface area contributed by atoms with Gasteiger partial charge in [-0.2, -0.15) is 5.10 Å². The Morgan fingerprint density at radius 2 is 1.77 bits per heavy atom. The highest BCUT2D eigenvalue weighted by Gasteiger charge is 2.34. The van der Waals surface area contributed by atoms with Gasteiger partial charge in [0.1, 0.15) is 5.75 Å². The van der Waals surface area contributed by atoms with Gasteiger partial charge < -0.3 is 19.5 Å². The molecule has 0 spiro atoms. The molecule has 1 N–H and O–H groups in total. The molecule has 1 fully saturated rings. The predicted octanol–water partition coefficient (Wildman–Crippen LogP) is 3.47. The number of amides is 2. The predicted molar refractivity (Wildman–Crippen MR) is 145 cm³/mol. The Labute approximate surface area is 223 Å². The molecule has 6 rings (SSSR count). The van der Waals surface area contributed by atoms with Crippen molar-refractivity contribution in [3.8, 4) is 11.6 Å². The molecule has 2 amide bonds. The maximum absolute atomic E-state index is 13.6. The number of hydrogen-bond donors (Lipinski definition) is 1. The van der Waals surface area contributed by atoms with Crippen LogP contribution < -0.4 is 4.74 Å². The summed E-state index contributed by atoms with van der Waals surface area (Å²) in [5.74, 6) is -0.514. The van der Waals surface area contributed by atoms with Crippen molar-refractivity contribution in [2.45, 2.75) is 13.0 Å². The highest BCUT2D eigenvalue weighted by Crippen LogP contribution is 2.33. The van der Waals surface area contributed by atoms with Crippen LogP contribution >= 0.6 is 0 Å². The number of H-pyrrole nitrogens is 1. The van der Waals surface area contributed by atoms with Gasteiger partial charge in [0.25, 0.3) is 17.6 Å². The molecule has 0 saturated carbocycles. The SMILES string of the molecule is COc1cnc(-n2ncc3ccccc32)c2[nH]cc(C(=O)C(=O)N3CCN(C(=O)c4ccccc4)[C@H](C)C3)c12. The van der Waals surface area contributed by atoms with Gasteiger partial charge in [0.15, 0.2) is 5.82 Å². The van der Waals surface area contributed by atoms with Crippen LogP contribution in [0.5, 0.6) is 5.75 Å². The van der Waals surface area contributed by atoms with Crippen LogP contribution in [0.15, 0.2) is 73.2 Å². The smallest absolute Gasteiger partial charge is 0.295 e. The van der Waals surface area contributed by atoms with Gasteiger partial charge in [-0.05, 0) is 25.1 Å². The minimum Gasteiger partial charge on any atom is -0.494 e. The van der Waals surface area contributed by atoms with Gasteiger partial charge in [-0.3, -0.25) is 14.4 Å². The molecule has 10 nitrogen and oxygen atoms in total. The molecule has 4 heterocycles. The summed E-state index contributed by atoms with van der Waals surface area (Å²) < 4.78 is 7.22. The van der Waals surface area contributed by atoms with Gasteiger partial charge in [-0.25, -0.2) is 9.67 Å². The summed E-state index contributed by atoms with van der Waals surface area (Å²) in [6.45, 7) is 2.74. The summed E-state index contributed by atoms with van der Waals surface area (Å²) in [6, 6.07) is 16.5. The van der Waals surface area contributed by atoms with Crippen LogP contribution in [0.1, 0.15) is 27.6 Å². The molecule has 1 atom stereocenters. The molecule has 10 heteroatoms. The topological polar surface area (TPSA) is 113 Å². The second kappa shape index (κ2) is 9.71. The minimum absolute atomic E-state index is 0.0888. The zero-order chi connectivity index (χ0) is 27.1. The number of aromatic nitrogens is 4. The molecule has 0 aliphatic carbocycles. The van der Waals surface area contributed by atoms with E-state index in [2.05, 4.69) is 15.1 Å². The summed E-state index contributed by atoms with van der Waals surface area (Å²) in [5.41, 5.74) is 2.18. The number of ether oxygens (including phenoxy) is 1. The Hall–Kier alpha value is -4.99. The number of methoxy groups -OCH3 is 1. The van der Waals surface area contributed by atoms with E-state index < -0.39 is 11.7 Å².